The molecule has 0 aliphatic carbocycles. The van der Waals surface area contributed by atoms with Crippen LogP contribution in [0.5, 0.6) is 0 Å². The SMILES string of the molecule is CCCCCCCCCCCCCC=CC(O)C(COP(=O)(O)OCC[N+](C)(C)C)NC(=O)CCCCCCCCCCCCCCCCCCCCCCC. The molecule has 0 aliphatic heterocycles. The van der Waals surface area contributed by atoms with Gasteiger partial charge in [0.2, 0.25) is 5.91 Å². The number of aliphatic hydroxyl groups excluding tert-OH is 1. The molecule has 0 aromatic heterocycles. The lowest BCUT2D eigenvalue weighted by Crippen LogP contribution is -2.45. The van der Waals surface area contributed by atoms with Gasteiger partial charge in [-0.25, -0.2) is 4.57 Å². The van der Waals surface area contributed by atoms with Gasteiger partial charge in [-0.3, -0.25) is 13.8 Å². The average molecular weight is 816 g/mol. The van der Waals surface area contributed by atoms with Crippen LogP contribution in [0.1, 0.15) is 232 Å². The topological polar surface area (TPSA) is 105 Å². The molecule has 0 aliphatic rings. The van der Waals surface area contributed by atoms with Crippen molar-refractivity contribution in [3.8, 4) is 0 Å². The third-order valence-corrected chi connectivity index (χ3v) is 12.0. The van der Waals surface area contributed by atoms with Crippen LogP contribution in [0.4, 0.5) is 0 Å². The number of hydrogen-bond acceptors (Lipinski definition) is 5. The van der Waals surface area contributed by atoms with Crippen molar-refractivity contribution in [3.05, 3.63) is 12.2 Å². The van der Waals surface area contributed by atoms with E-state index in [0.717, 1.165) is 38.5 Å². The fraction of sp³-hybridized carbons (Fsp3) is 0.936. The maximum atomic E-state index is 12.9. The highest BCUT2D eigenvalue weighted by molar-refractivity contribution is 7.47. The smallest absolute Gasteiger partial charge is 0.387 e. The molecule has 1 amide bonds. The Kier molecular flexibility index (Phi) is 39.1. The Bertz CT molecular complexity index is 927. The van der Waals surface area contributed by atoms with Crippen molar-refractivity contribution in [2.45, 2.75) is 244 Å². The minimum atomic E-state index is -4.33. The first-order valence-electron chi connectivity index (χ1n) is 24.1. The standard InChI is InChI=1S/C47H95N2O6P/c1-6-8-10-12-14-16-18-20-21-22-23-24-25-26-27-29-31-33-35-37-39-41-47(51)48-45(44-55-56(52,53)54-43-42-49(3,4)5)46(50)40-38-36-34-32-30-28-19-17-15-13-11-9-7-2/h38,40,45-46,50H,6-37,39,41-44H2,1-5H3,(H-,48,51,52,53)/p+1. The summed E-state index contributed by atoms with van der Waals surface area (Å²) in [5, 5.41) is 13.8. The van der Waals surface area contributed by atoms with Crippen molar-refractivity contribution in [1.29, 1.82) is 0 Å². The number of carbonyl (C=O) groups is 1. The van der Waals surface area contributed by atoms with Crippen LogP contribution >= 0.6 is 7.82 Å². The third kappa shape index (κ3) is 41.4. The first-order chi connectivity index (χ1) is 27.0. The maximum Gasteiger partial charge on any atom is 0.472 e. The molecule has 0 spiro atoms. The van der Waals surface area contributed by atoms with Crippen LogP contribution < -0.4 is 5.32 Å². The van der Waals surface area contributed by atoms with Gasteiger partial charge in [0, 0.05) is 6.42 Å². The van der Waals surface area contributed by atoms with E-state index in [2.05, 4.69) is 19.2 Å². The lowest BCUT2D eigenvalue weighted by Gasteiger charge is -2.25. The molecule has 3 N–H and O–H groups in total. The van der Waals surface area contributed by atoms with E-state index in [0.29, 0.717) is 17.4 Å². The number of aliphatic hydroxyl groups is 1. The van der Waals surface area contributed by atoms with Gasteiger partial charge in [-0.15, -0.1) is 0 Å². The van der Waals surface area contributed by atoms with Crippen LogP contribution in [0.3, 0.4) is 0 Å². The molecule has 0 rings (SSSR count). The summed E-state index contributed by atoms with van der Waals surface area (Å²) < 4.78 is 23.6. The number of allylic oxidation sites excluding steroid dienone is 1. The first kappa shape index (κ1) is 55.2. The minimum Gasteiger partial charge on any atom is -0.387 e. The van der Waals surface area contributed by atoms with Crippen molar-refractivity contribution in [2.24, 2.45) is 0 Å². The Morgan fingerprint density at radius 2 is 0.946 bits per heavy atom. The molecule has 0 heterocycles. The summed E-state index contributed by atoms with van der Waals surface area (Å²) in [5.74, 6) is -0.173. The first-order valence-corrected chi connectivity index (χ1v) is 25.6. The van der Waals surface area contributed by atoms with Gasteiger partial charge in [0.15, 0.2) is 0 Å². The normalized spacial score (nSPS) is 14.3. The Hall–Kier alpha value is -0.760. The van der Waals surface area contributed by atoms with Gasteiger partial charge in [0.1, 0.15) is 13.2 Å². The maximum absolute atomic E-state index is 12.9. The van der Waals surface area contributed by atoms with Gasteiger partial charge in [-0.2, -0.15) is 0 Å². The van der Waals surface area contributed by atoms with E-state index in [1.54, 1.807) is 6.08 Å². The molecule has 0 fully saturated rings. The van der Waals surface area contributed by atoms with Crippen LogP contribution in [-0.4, -0.2) is 73.4 Å². The van der Waals surface area contributed by atoms with Crippen molar-refractivity contribution >= 4 is 13.7 Å². The Morgan fingerprint density at radius 3 is 1.32 bits per heavy atom. The van der Waals surface area contributed by atoms with Gasteiger partial charge >= 0.3 is 7.82 Å². The quantitative estimate of drug-likeness (QED) is 0.0245. The third-order valence-electron chi connectivity index (χ3n) is 11.0. The molecule has 9 heteroatoms. The number of likely N-dealkylation sites (N-methyl/N-ethyl adjacent to an activating group) is 1. The van der Waals surface area contributed by atoms with Crippen LogP contribution in [0.2, 0.25) is 0 Å². The van der Waals surface area contributed by atoms with E-state index in [9.17, 15) is 19.4 Å². The summed E-state index contributed by atoms with van der Waals surface area (Å²) in [6.07, 6.45) is 45.7. The zero-order chi connectivity index (χ0) is 41.4. The number of rotatable bonds is 44. The fourth-order valence-corrected chi connectivity index (χ4v) is 7.90. The zero-order valence-electron chi connectivity index (χ0n) is 37.9. The molecule has 334 valence electrons. The predicted molar refractivity (Wildman–Crippen MR) is 240 cm³/mol. The molecule has 0 aromatic carbocycles. The van der Waals surface area contributed by atoms with Gasteiger partial charge < -0.3 is 19.8 Å². The van der Waals surface area contributed by atoms with Gasteiger partial charge in [-0.1, -0.05) is 219 Å². The highest BCUT2D eigenvalue weighted by Gasteiger charge is 2.27. The van der Waals surface area contributed by atoms with E-state index >= 15 is 0 Å². The van der Waals surface area contributed by atoms with Gasteiger partial charge in [0.05, 0.1) is 39.9 Å². The number of phosphoric acid groups is 1. The van der Waals surface area contributed by atoms with E-state index < -0.39 is 20.0 Å². The Balaban J connectivity index is 4.26. The molecule has 0 saturated carbocycles. The van der Waals surface area contributed by atoms with E-state index in [1.165, 1.54) is 173 Å². The molecule has 0 aromatic rings. The lowest BCUT2D eigenvalue weighted by atomic mass is 10.0. The number of unbranched alkanes of at least 4 members (excludes halogenated alkanes) is 31. The van der Waals surface area contributed by atoms with Crippen molar-refractivity contribution in [1.82, 2.24) is 5.32 Å². The lowest BCUT2D eigenvalue weighted by molar-refractivity contribution is -0.870. The fourth-order valence-electron chi connectivity index (χ4n) is 7.16. The Morgan fingerprint density at radius 1 is 0.589 bits per heavy atom. The number of nitrogens with one attached hydrogen (secondary N) is 1. The molecular formula is C47H96N2O6P+. The predicted octanol–water partition coefficient (Wildman–Crippen LogP) is 13.5. The molecule has 0 saturated heterocycles. The van der Waals surface area contributed by atoms with Crippen molar-refractivity contribution in [3.63, 3.8) is 0 Å². The van der Waals surface area contributed by atoms with E-state index in [4.69, 9.17) is 9.05 Å². The summed E-state index contributed by atoms with van der Waals surface area (Å²) in [6.45, 7) is 4.83. The number of quaternary nitrogens is 1. The number of hydrogen-bond donors (Lipinski definition) is 3. The zero-order valence-corrected chi connectivity index (χ0v) is 38.8. The molecular weight excluding hydrogens is 719 g/mol. The molecule has 56 heavy (non-hydrogen) atoms. The molecule has 0 bridgehead atoms. The molecule has 3 atom stereocenters. The monoisotopic (exact) mass is 816 g/mol. The summed E-state index contributed by atoms with van der Waals surface area (Å²) >= 11 is 0. The second kappa shape index (κ2) is 39.7. The molecule has 0 radical (unpaired) electrons. The summed E-state index contributed by atoms with van der Waals surface area (Å²) in [6, 6.07) is -0.839. The summed E-state index contributed by atoms with van der Waals surface area (Å²) in [4.78, 5) is 23.1. The van der Waals surface area contributed by atoms with Crippen molar-refractivity contribution in [2.75, 3.05) is 40.9 Å². The largest absolute Gasteiger partial charge is 0.472 e. The van der Waals surface area contributed by atoms with Crippen LogP contribution in [-0.2, 0) is 18.4 Å². The highest BCUT2D eigenvalue weighted by Crippen LogP contribution is 2.43. The Labute approximate surface area is 348 Å². The van der Waals surface area contributed by atoms with E-state index in [-0.39, 0.29) is 19.1 Å². The second-order valence-electron chi connectivity index (χ2n) is 17.8. The average Bonchev–Trinajstić information content (AvgIpc) is 3.15. The molecule has 3 unspecified atom stereocenters. The summed E-state index contributed by atoms with van der Waals surface area (Å²) in [7, 11) is 1.58. The second-order valence-corrected chi connectivity index (χ2v) is 19.3. The molecule has 8 nitrogen and oxygen atoms in total. The minimum absolute atomic E-state index is 0.0647. The van der Waals surface area contributed by atoms with E-state index in [1.807, 2.05) is 27.2 Å². The number of nitrogens with zero attached hydrogens (tertiary/aromatic N) is 1. The number of amides is 1. The van der Waals surface area contributed by atoms with Crippen molar-refractivity contribution < 1.29 is 32.9 Å². The van der Waals surface area contributed by atoms with Crippen LogP contribution in [0.15, 0.2) is 12.2 Å². The number of phosphoric ester groups is 1. The highest BCUT2D eigenvalue weighted by atomic mass is 31.2. The van der Waals surface area contributed by atoms with Crippen LogP contribution in [0.25, 0.3) is 0 Å². The van der Waals surface area contributed by atoms with Gasteiger partial charge in [-0.05, 0) is 19.3 Å². The van der Waals surface area contributed by atoms with Crippen LogP contribution in [0, 0.1) is 0 Å². The van der Waals surface area contributed by atoms with Gasteiger partial charge in [0.25, 0.3) is 0 Å². The summed E-state index contributed by atoms with van der Waals surface area (Å²) in [5.41, 5.74) is 0. The number of carbonyl (C=O) groups excluding carboxylic acids is 1.